The molecule has 2 saturated heterocycles. The Labute approximate surface area is 225 Å². The summed E-state index contributed by atoms with van der Waals surface area (Å²) in [5, 5.41) is 3.15. The Kier molecular flexibility index (Phi) is 9.50. The van der Waals surface area contributed by atoms with E-state index in [0.717, 1.165) is 24.2 Å². The molecule has 0 spiro atoms. The summed E-state index contributed by atoms with van der Waals surface area (Å²) < 4.78 is 38.1. The lowest BCUT2D eigenvalue weighted by atomic mass is 10.0. The first-order valence-electron chi connectivity index (χ1n) is 13.1. The third-order valence-corrected chi connectivity index (χ3v) is 9.22. The topological polar surface area (TPSA) is 89.6 Å². The molecule has 9 nitrogen and oxygen atoms in total. The number of likely N-dealkylation sites (N-methyl/N-ethyl adjacent to an activating group) is 1. The van der Waals surface area contributed by atoms with E-state index in [1.807, 2.05) is 48.0 Å². The lowest BCUT2D eigenvalue weighted by Gasteiger charge is -2.38. The van der Waals surface area contributed by atoms with Gasteiger partial charge in [0.1, 0.15) is 0 Å². The molecule has 2 heterocycles. The van der Waals surface area contributed by atoms with Crippen molar-refractivity contribution in [2.45, 2.75) is 38.0 Å². The molecule has 4 rings (SSSR count). The molecule has 38 heavy (non-hydrogen) atoms. The van der Waals surface area contributed by atoms with Crippen molar-refractivity contribution in [1.29, 1.82) is 0 Å². The fraction of sp³-hybridized carbons (Fsp3) is 0.536. The Bertz CT molecular complexity index is 1140. The molecule has 0 aliphatic carbocycles. The molecule has 2 aromatic carbocycles. The van der Waals surface area contributed by atoms with Gasteiger partial charge in [-0.25, -0.2) is 4.67 Å². The van der Waals surface area contributed by atoms with Gasteiger partial charge in [0.25, 0.3) is 13.4 Å². The summed E-state index contributed by atoms with van der Waals surface area (Å²) in [5.41, 5.74) is 2.30. The summed E-state index contributed by atoms with van der Waals surface area (Å²) in [6, 6.07) is 13.2. The lowest BCUT2D eigenvalue weighted by Crippen LogP contribution is -2.46. The Morgan fingerprint density at radius 2 is 1.84 bits per heavy atom. The highest BCUT2D eigenvalue weighted by molar-refractivity contribution is 7.55. The van der Waals surface area contributed by atoms with Gasteiger partial charge in [-0.1, -0.05) is 24.3 Å². The third-order valence-electron chi connectivity index (χ3n) is 7.17. The fourth-order valence-electron chi connectivity index (χ4n) is 5.26. The van der Waals surface area contributed by atoms with E-state index >= 15 is 0 Å². The van der Waals surface area contributed by atoms with Gasteiger partial charge in [-0.05, 0) is 50.6 Å². The minimum atomic E-state index is -2.95. The molecule has 0 aromatic heterocycles. The van der Waals surface area contributed by atoms with Crippen LogP contribution >= 0.6 is 7.52 Å². The van der Waals surface area contributed by atoms with E-state index in [0.29, 0.717) is 49.6 Å². The number of para-hydroxylation sites is 1. The Morgan fingerprint density at radius 1 is 1.11 bits per heavy atom. The van der Waals surface area contributed by atoms with Crippen LogP contribution in [0.4, 0.5) is 0 Å². The molecular formula is C28H40N3O6P. The first kappa shape index (κ1) is 28.6. The molecule has 208 valence electrons. The maximum atomic E-state index is 13.3. The van der Waals surface area contributed by atoms with Gasteiger partial charge in [-0.3, -0.25) is 9.36 Å². The van der Waals surface area contributed by atoms with Gasteiger partial charge in [-0.2, -0.15) is 0 Å². The summed E-state index contributed by atoms with van der Waals surface area (Å²) in [7, 11) is 2.32. The van der Waals surface area contributed by atoms with Crippen molar-refractivity contribution < 1.29 is 28.1 Å². The maximum Gasteiger partial charge on any atom is 0.269 e. The van der Waals surface area contributed by atoms with E-state index in [-0.39, 0.29) is 24.2 Å². The second kappa shape index (κ2) is 12.6. The van der Waals surface area contributed by atoms with Crippen LogP contribution in [-0.4, -0.2) is 94.4 Å². The average Bonchev–Trinajstić information content (AvgIpc) is 2.91. The van der Waals surface area contributed by atoms with Crippen LogP contribution in [-0.2, 0) is 13.8 Å². The van der Waals surface area contributed by atoms with Crippen LogP contribution < -0.4 is 14.8 Å². The quantitative estimate of drug-likeness (QED) is 0.471. The molecule has 1 N–H and O–H groups in total. The molecule has 3 atom stereocenters. The van der Waals surface area contributed by atoms with Crippen molar-refractivity contribution >= 4 is 13.4 Å². The number of carbonyl (C=O) groups excluding carboxylic acids is 1. The molecular weight excluding hydrogens is 505 g/mol. The van der Waals surface area contributed by atoms with E-state index in [1.165, 1.54) is 0 Å². The summed E-state index contributed by atoms with van der Waals surface area (Å²) in [4.78, 5) is 15.3. The number of benzene rings is 2. The Hall–Kier alpha value is -2.42. The minimum Gasteiger partial charge on any atom is -0.493 e. The van der Waals surface area contributed by atoms with E-state index in [1.54, 1.807) is 27.0 Å². The number of methoxy groups -OCH3 is 2. The second-order valence-corrected chi connectivity index (χ2v) is 12.6. The highest BCUT2D eigenvalue weighted by Crippen LogP contribution is 2.48. The lowest BCUT2D eigenvalue weighted by molar-refractivity contribution is -0.0854. The van der Waals surface area contributed by atoms with Crippen LogP contribution in [0.2, 0.25) is 0 Å². The zero-order valence-electron chi connectivity index (χ0n) is 23.0. The summed E-state index contributed by atoms with van der Waals surface area (Å²) in [6.45, 7) is 6.89. The van der Waals surface area contributed by atoms with Crippen LogP contribution in [0.15, 0.2) is 42.5 Å². The van der Waals surface area contributed by atoms with Crippen molar-refractivity contribution in [3.05, 3.63) is 48.0 Å². The van der Waals surface area contributed by atoms with Gasteiger partial charge in [0, 0.05) is 50.0 Å². The van der Waals surface area contributed by atoms with Crippen molar-refractivity contribution in [2.24, 2.45) is 0 Å². The van der Waals surface area contributed by atoms with E-state index < -0.39 is 7.52 Å². The molecule has 0 radical (unpaired) electrons. The summed E-state index contributed by atoms with van der Waals surface area (Å²) >= 11 is 0. The van der Waals surface area contributed by atoms with Crippen molar-refractivity contribution in [3.63, 3.8) is 0 Å². The molecule has 3 unspecified atom stereocenters. The predicted octanol–water partition coefficient (Wildman–Crippen LogP) is 4.12. The van der Waals surface area contributed by atoms with E-state index in [2.05, 4.69) is 17.3 Å². The molecule has 2 aliphatic heterocycles. The largest absolute Gasteiger partial charge is 0.493 e. The Morgan fingerprint density at radius 3 is 2.53 bits per heavy atom. The van der Waals surface area contributed by atoms with Gasteiger partial charge >= 0.3 is 0 Å². The SMILES string of the molecule is COc1cccc(-c2cccc(C(=O)NC3CCN(P(C)(=O)OCC4CN(C)CC(C)O4)CC3)c2)c1OC. The predicted molar refractivity (Wildman–Crippen MR) is 148 cm³/mol. The molecule has 10 heteroatoms. The molecule has 2 aromatic rings. The van der Waals surface area contributed by atoms with Crippen molar-refractivity contribution in [3.8, 4) is 22.6 Å². The average molecular weight is 546 g/mol. The number of nitrogens with zero attached hydrogens (tertiary/aromatic N) is 2. The number of piperidine rings is 1. The second-order valence-electron chi connectivity index (χ2n) is 10.2. The molecule has 2 fully saturated rings. The Balaban J connectivity index is 1.32. The smallest absolute Gasteiger partial charge is 0.269 e. The van der Waals surface area contributed by atoms with Gasteiger partial charge in [-0.15, -0.1) is 0 Å². The maximum absolute atomic E-state index is 13.3. The van der Waals surface area contributed by atoms with Crippen LogP contribution in [0, 0.1) is 0 Å². The monoisotopic (exact) mass is 545 g/mol. The van der Waals surface area contributed by atoms with Gasteiger partial charge in [0.2, 0.25) is 0 Å². The summed E-state index contributed by atoms with van der Waals surface area (Å²) in [6.07, 6.45) is 1.46. The molecule has 0 bridgehead atoms. The highest BCUT2D eigenvalue weighted by atomic mass is 31.2. The molecule has 2 aliphatic rings. The normalized spacial score (nSPS) is 23.0. The number of amides is 1. The first-order chi connectivity index (χ1) is 18.2. The number of nitrogens with one attached hydrogen (secondary N) is 1. The van der Waals surface area contributed by atoms with Gasteiger partial charge < -0.3 is 29.0 Å². The number of ether oxygens (including phenoxy) is 3. The summed E-state index contributed by atoms with van der Waals surface area (Å²) in [5.74, 6) is 1.13. The first-order valence-corrected chi connectivity index (χ1v) is 15.2. The van der Waals surface area contributed by atoms with E-state index in [4.69, 9.17) is 18.7 Å². The van der Waals surface area contributed by atoms with Crippen LogP contribution in [0.5, 0.6) is 11.5 Å². The number of hydrogen-bond acceptors (Lipinski definition) is 7. The van der Waals surface area contributed by atoms with E-state index in [9.17, 15) is 9.36 Å². The van der Waals surface area contributed by atoms with Crippen molar-refractivity contribution in [2.75, 3.05) is 60.7 Å². The third kappa shape index (κ3) is 6.96. The number of hydrogen-bond donors (Lipinski definition) is 1. The van der Waals surface area contributed by atoms with Crippen molar-refractivity contribution in [1.82, 2.24) is 14.9 Å². The number of rotatable bonds is 9. The van der Waals surface area contributed by atoms with Crippen LogP contribution in [0.1, 0.15) is 30.1 Å². The highest BCUT2D eigenvalue weighted by Gasteiger charge is 2.33. The van der Waals surface area contributed by atoms with Gasteiger partial charge in [0.05, 0.1) is 33.0 Å². The standard InChI is InChI=1S/C28H40N3O6P/c1-20-17-30(2)18-24(37-20)19-36-38(5,33)31-14-12-23(13-15-31)29-28(32)22-9-6-8-21(16-22)25-10-7-11-26(34-3)27(25)35-4/h6-11,16,20,23-24H,12-15,17-19H2,1-5H3,(H,29,32). The molecule has 1 amide bonds. The number of morpholine rings is 1. The van der Waals surface area contributed by atoms with Crippen LogP contribution in [0.3, 0.4) is 0 Å². The molecule has 0 saturated carbocycles. The fourth-order valence-corrected chi connectivity index (χ4v) is 6.82. The zero-order chi connectivity index (χ0) is 27.3. The minimum absolute atomic E-state index is 0.00457. The van der Waals surface area contributed by atoms with Gasteiger partial charge in [0.15, 0.2) is 11.5 Å². The number of carbonyl (C=O) groups is 1. The zero-order valence-corrected chi connectivity index (χ0v) is 23.9. The van der Waals surface area contributed by atoms with Crippen LogP contribution in [0.25, 0.3) is 11.1 Å².